The minimum absolute atomic E-state index is 0.224. The number of rotatable bonds is 6. The molecule has 1 heterocycles. The minimum Gasteiger partial charge on any atom is -0.466 e. The summed E-state index contributed by atoms with van der Waals surface area (Å²) >= 11 is 1.04. The highest BCUT2D eigenvalue weighted by Crippen LogP contribution is 2.23. The van der Waals surface area contributed by atoms with Crippen LogP contribution in [0.25, 0.3) is 0 Å². The van der Waals surface area contributed by atoms with E-state index in [4.69, 9.17) is 4.74 Å². The van der Waals surface area contributed by atoms with Crippen molar-refractivity contribution in [3.05, 3.63) is 46.4 Å². The lowest BCUT2D eigenvalue weighted by molar-refractivity contribution is -0.135. The fraction of sp³-hybridized carbons (Fsp3) is 0.368. The number of esters is 1. The first-order chi connectivity index (χ1) is 13.1. The Bertz CT molecular complexity index is 781. The van der Waals surface area contributed by atoms with E-state index in [1.54, 1.807) is 6.21 Å². The second-order valence-electron chi connectivity index (χ2n) is 6.20. The molecule has 1 aromatic rings. The van der Waals surface area contributed by atoms with Crippen LogP contribution in [0.2, 0.25) is 0 Å². The zero-order valence-electron chi connectivity index (χ0n) is 15.0. The van der Waals surface area contributed by atoms with Gasteiger partial charge in [-0.2, -0.15) is 5.10 Å². The summed E-state index contributed by atoms with van der Waals surface area (Å²) in [6, 6.07) is 7.90. The van der Waals surface area contributed by atoms with E-state index < -0.39 is 11.9 Å². The van der Waals surface area contributed by atoms with E-state index >= 15 is 0 Å². The van der Waals surface area contributed by atoms with Crippen LogP contribution in [0.5, 0.6) is 0 Å². The summed E-state index contributed by atoms with van der Waals surface area (Å²) in [7, 11) is 1.25. The first-order valence-electron chi connectivity index (χ1n) is 8.74. The molecule has 142 valence electrons. The highest BCUT2D eigenvalue weighted by Gasteiger charge is 2.25. The van der Waals surface area contributed by atoms with Crippen molar-refractivity contribution in [1.82, 2.24) is 5.32 Å². The van der Waals surface area contributed by atoms with Crippen molar-refractivity contribution in [3.63, 3.8) is 0 Å². The van der Waals surface area contributed by atoms with Crippen molar-refractivity contribution in [2.45, 2.75) is 38.4 Å². The van der Waals surface area contributed by atoms with Gasteiger partial charge >= 0.3 is 5.97 Å². The Morgan fingerprint density at radius 2 is 2.04 bits per heavy atom. The molecule has 0 radical (unpaired) electrons. The second kappa shape index (κ2) is 9.48. The van der Waals surface area contributed by atoms with Crippen LogP contribution >= 0.6 is 11.8 Å². The number of amides is 1. The van der Waals surface area contributed by atoms with Crippen LogP contribution < -0.4 is 5.32 Å². The van der Waals surface area contributed by atoms with Gasteiger partial charge in [-0.25, -0.2) is 4.79 Å². The molecule has 2 aliphatic rings. The average molecular weight is 387 g/mol. The molecule has 7 nitrogen and oxygen atoms in total. The number of hydrogen-bond acceptors (Lipinski definition) is 7. The molecule has 1 N–H and O–H groups in total. The molecule has 1 aliphatic heterocycles. The number of benzene rings is 1. The average Bonchev–Trinajstić information content (AvgIpc) is 3.31. The molecule has 0 unspecified atom stereocenters. The molecule has 27 heavy (non-hydrogen) atoms. The van der Waals surface area contributed by atoms with Gasteiger partial charge in [-0.1, -0.05) is 37.1 Å². The predicted octanol–water partition coefficient (Wildman–Crippen LogP) is 2.76. The molecule has 1 aliphatic carbocycles. The third-order valence-corrected chi connectivity index (χ3v) is 5.12. The Balaban J connectivity index is 1.52. The largest absolute Gasteiger partial charge is 0.466 e. The summed E-state index contributed by atoms with van der Waals surface area (Å²) in [5.74, 6) is -0.986. The van der Waals surface area contributed by atoms with Gasteiger partial charge in [-0.05, 0) is 35.7 Å². The van der Waals surface area contributed by atoms with Crippen LogP contribution in [0.15, 0.2) is 45.4 Å². The summed E-state index contributed by atoms with van der Waals surface area (Å²) in [6.45, 7) is 0.627. The second-order valence-corrected chi connectivity index (χ2v) is 7.23. The Morgan fingerprint density at radius 1 is 1.30 bits per heavy atom. The molecule has 3 rings (SSSR count). The molecule has 0 spiro atoms. The number of hydrogen-bond donors (Lipinski definition) is 1. The monoisotopic (exact) mass is 387 g/mol. The maximum absolute atomic E-state index is 11.7. The van der Waals surface area contributed by atoms with Crippen LogP contribution in [-0.4, -0.2) is 36.5 Å². The Morgan fingerprint density at radius 3 is 2.74 bits per heavy atom. The molecule has 1 aromatic carbocycles. The predicted molar refractivity (Wildman–Crippen MR) is 104 cm³/mol. The van der Waals surface area contributed by atoms with E-state index in [1.807, 2.05) is 24.3 Å². The van der Waals surface area contributed by atoms with Gasteiger partial charge in [-0.15, -0.1) is 5.10 Å². The molecule has 0 bridgehead atoms. The number of ether oxygens (including phenoxy) is 2. The standard InChI is InChI=1S/C19H21N3O4S/c1-25-17(23)10-16-18(24)21-19(27-16)22-20-11-13-6-8-14(9-7-13)12-26-15-4-2-3-5-15/h6-11,15H,2-5,12H2,1H3,(H,21,22,24)/b16-10+,20-11?. The molecular formula is C19H21N3O4S. The molecule has 8 heteroatoms. The maximum atomic E-state index is 11.7. The van der Waals surface area contributed by atoms with Crippen molar-refractivity contribution in [1.29, 1.82) is 0 Å². The molecule has 1 saturated carbocycles. The third-order valence-electron chi connectivity index (χ3n) is 4.22. The van der Waals surface area contributed by atoms with E-state index in [0.29, 0.717) is 17.9 Å². The number of methoxy groups -OCH3 is 1. The first-order valence-corrected chi connectivity index (χ1v) is 9.56. The summed E-state index contributed by atoms with van der Waals surface area (Å²) in [5, 5.41) is 10.8. The van der Waals surface area contributed by atoms with Crippen molar-refractivity contribution in [3.8, 4) is 0 Å². The number of nitrogens with zero attached hydrogens (tertiary/aromatic N) is 2. The Hall–Kier alpha value is -2.45. The van der Waals surface area contributed by atoms with Crippen LogP contribution in [-0.2, 0) is 25.7 Å². The van der Waals surface area contributed by atoms with E-state index in [0.717, 1.165) is 41.8 Å². The Labute approximate surface area is 161 Å². The normalized spacial score (nSPS) is 20.7. The number of carbonyl (C=O) groups excluding carboxylic acids is 2. The fourth-order valence-corrected chi connectivity index (χ4v) is 3.50. The SMILES string of the molecule is COC(=O)/C=C1/S/C(=N\N=Cc2ccc(COC3CCCC3)cc2)NC1=O. The van der Waals surface area contributed by atoms with E-state index in [2.05, 4.69) is 20.3 Å². The highest BCUT2D eigenvalue weighted by molar-refractivity contribution is 8.18. The Kier molecular flexibility index (Phi) is 6.78. The molecule has 0 aromatic heterocycles. The van der Waals surface area contributed by atoms with Gasteiger partial charge in [0, 0.05) is 6.08 Å². The third kappa shape index (κ3) is 5.77. The zero-order chi connectivity index (χ0) is 19.1. The molecule has 1 amide bonds. The van der Waals surface area contributed by atoms with Crippen molar-refractivity contribution in [2.24, 2.45) is 10.2 Å². The summed E-state index contributed by atoms with van der Waals surface area (Å²) in [6.07, 6.45) is 7.98. The molecule has 2 fully saturated rings. The quantitative estimate of drug-likeness (QED) is 0.351. The smallest absolute Gasteiger partial charge is 0.331 e. The molecule has 0 atom stereocenters. The van der Waals surface area contributed by atoms with E-state index in [1.165, 1.54) is 20.0 Å². The van der Waals surface area contributed by atoms with Gasteiger partial charge in [0.2, 0.25) is 0 Å². The lowest BCUT2D eigenvalue weighted by atomic mass is 10.1. The highest BCUT2D eigenvalue weighted by atomic mass is 32.2. The number of amidine groups is 1. The van der Waals surface area contributed by atoms with Gasteiger partial charge in [0.25, 0.3) is 5.91 Å². The topological polar surface area (TPSA) is 89.3 Å². The van der Waals surface area contributed by atoms with Crippen LogP contribution in [0.3, 0.4) is 0 Å². The van der Waals surface area contributed by atoms with Crippen molar-refractivity contribution >= 4 is 35.0 Å². The fourth-order valence-electron chi connectivity index (χ4n) is 2.76. The van der Waals surface area contributed by atoms with Crippen LogP contribution in [0.4, 0.5) is 0 Å². The summed E-state index contributed by atoms with van der Waals surface area (Å²) < 4.78 is 10.4. The number of thioether (sulfide) groups is 1. The molecular weight excluding hydrogens is 366 g/mol. The lowest BCUT2D eigenvalue weighted by Crippen LogP contribution is -2.19. The van der Waals surface area contributed by atoms with E-state index in [-0.39, 0.29) is 4.91 Å². The van der Waals surface area contributed by atoms with Gasteiger partial charge in [0.1, 0.15) is 0 Å². The maximum Gasteiger partial charge on any atom is 0.331 e. The first kappa shape index (κ1) is 19.3. The van der Waals surface area contributed by atoms with E-state index in [9.17, 15) is 9.59 Å². The number of carbonyl (C=O) groups is 2. The lowest BCUT2D eigenvalue weighted by Gasteiger charge is -2.10. The molecule has 1 saturated heterocycles. The zero-order valence-corrected chi connectivity index (χ0v) is 15.8. The van der Waals surface area contributed by atoms with Gasteiger partial charge in [0.05, 0.1) is 30.9 Å². The van der Waals surface area contributed by atoms with Crippen molar-refractivity contribution < 1.29 is 19.1 Å². The number of nitrogens with one attached hydrogen (secondary N) is 1. The summed E-state index contributed by atoms with van der Waals surface area (Å²) in [5.41, 5.74) is 2.02. The van der Waals surface area contributed by atoms with Gasteiger partial charge in [0.15, 0.2) is 5.17 Å². The van der Waals surface area contributed by atoms with Gasteiger partial charge in [-0.3, -0.25) is 10.1 Å². The van der Waals surface area contributed by atoms with Crippen LogP contribution in [0.1, 0.15) is 36.8 Å². The summed E-state index contributed by atoms with van der Waals surface area (Å²) in [4.78, 5) is 23.1. The minimum atomic E-state index is -0.589. The van der Waals surface area contributed by atoms with Gasteiger partial charge < -0.3 is 9.47 Å². The van der Waals surface area contributed by atoms with Crippen LogP contribution in [0, 0.1) is 0 Å². The van der Waals surface area contributed by atoms with Crippen molar-refractivity contribution in [2.75, 3.05) is 7.11 Å².